The Bertz CT molecular complexity index is 606. The number of hydrogen-bond donors (Lipinski definition) is 1. The fourth-order valence-electron chi connectivity index (χ4n) is 2.17. The van der Waals surface area contributed by atoms with Gasteiger partial charge in [0.1, 0.15) is 0 Å². The van der Waals surface area contributed by atoms with Crippen LogP contribution in [0, 0.1) is 0 Å². The molecule has 0 aliphatic carbocycles. The first kappa shape index (κ1) is 14.7. The summed E-state index contributed by atoms with van der Waals surface area (Å²) in [6.45, 7) is 9.77. The Balaban J connectivity index is 2.05. The van der Waals surface area contributed by atoms with E-state index in [4.69, 9.17) is 0 Å². The molecule has 2 heteroatoms. The van der Waals surface area contributed by atoms with Crippen LogP contribution in [0.1, 0.15) is 39.7 Å². The largest absolute Gasteiger partial charge is 0.312 e. The molecule has 0 aliphatic rings. The van der Waals surface area contributed by atoms with Gasteiger partial charge in [-0.2, -0.15) is 0 Å². The maximum atomic E-state index is 4.35. The van der Waals surface area contributed by atoms with E-state index in [-0.39, 0.29) is 5.54 Å². The van der Waals surface area contributed by atoms with Crippen molar-refractivity contribution in [2.75, 3.05) is 6.54 Å². The van der Waals surface area contributed by atoms with E-state index in [1.54, 1.807) is 0 Å². The van der Waals surface area contributed by atoms with E-state index in [9.17, 15) is 0 Å². The second-order valence-corrected chi connectivity index (χ2v) is 6.26. The van der Waals surface area contributed by atoms with Crippen LogP contribution in [0.3, 0.4) is 0 Å². The molecule has 0 radical (unpaired) electrons. The number of aromatic nitrogens is 1. The van der Waals surface area contributed by atoms with Crippen molar-refractivity contribution < 1.29 is 0 Å². The molecular weight excluding hydrogens is 244 g/mol. The molecule has 2 aromatic rings. The molecule has 1 heterocycles. The summed E-state index contributed by atoms with van der Waals surface area (Å²) < 4.78 is 0. The van der Waals surface area contributed by atoms with Crippen LogP contribution in [0.15, 0.2) is 42.6 Å². The highest BCUT2D eigenvalue weighted by molar-refractivity contribution is 5.82. The third-order valence-electron chi connectivity index (χ3n) is 3.31. The molecule has 0 spiro atoms. The maximum absolute atomic E-state index is 4.35. The van der Waals surface area contributed by atoms with Gasteiger partial charge in [-0.15, -0.1) is 0 Å². The quantitative estimate of drug-likeness (QED) is 0.830. The van der Waals surface area contributed by atoms with Crippen molar-refractivity contribution in [2.24, 2.45) is 0 Å². The van der Waals surface area contributed by atoms with Crippen LogP contribution in [0.2, 0.25) is 0 Å². The van der Waals surface area contributed by atoms with Crippen molar-refractivity contribution in [2.45, 2.75) is 39.7 Å². The summed E-state index contributed by atoms with van der Waals surface area (Å²) in [6, 6.07) is 10.6. The van der Waals surface area contributed by atoms with Crippen LogP contribution in [0.5, 0.6) is 0 Å². The van der Waals surface area contributed by atoms with Gasteiger partial charge < -0.3 is 5.32 Å². The van der Waals surface area contributed by atoms with Crippen LogP contribution in [0.25, 0.3) is 16.5 Å². The van der Waals surface area contributed by atoms with E-state index >= 15 is 0 Å². The molecule has 0 saturated heterocycles. The van der Waals surface area contributed by atoms with E-state index in [2.05, 4.69) is 68.3 Å². The lowest BCUT2D eigenvalue weighted by atomic mass is 10.0. The normalized spacial score (nSPS) is 12.9. The number of nitrogens with one attached hydrogen (secondary N) is 1. The highest BCUT2D eigenvalue weighted by Crippen LogP contribution is 2.19. The van der Waals surface area contributed by atoms with Crippen LogP contribution >= 0.6 is 0 Å². The first-order chi connectivity index (χ1) is 9.46. The number of rotatable bonds is 4. The van der Waals surface area contributed by atoms with E-state index in [1.165, 1.54) is 16.5 Å². The Morgan fingerprint density at radius 1 is 1.25 bits per heavy atom. The topological polar surface area (TPSA) is 24.9 Å². The average molecular weight is 268 g/mol. The lowest BCUT2D eigenvalue weighted by molar-refractivity contribution is 0.431. The molecule has 0 bridgehead atoms. The van der Waals surface area contributed by atoms with Crippen LogP contribution < -0.4 is 5.32 Å². The van der Waals surface area contributed by atoms with Gasteiger partial charge in [0.15, 0.2) is 0 Å². The van der Waals surface area contributed by atoms with Crippen molar-refractivity contribution in [1.82, 2.24) is 10.3 Å². The van der Waals surface area contributed by atoms with Gasteiger partial charge in [0.25, 0.3) is 0 Å². The molecule has 20 heavy (non-hydrogen) atoms. The van der Waals surface area contributed by atoms with Gasteiger partial charge in [0, 0.05) is 17.1 Å². The number of benzene rings is 1. The van der Waals surface area contributed by atoms with Crippen LogP contribution in [0.4, 0.5) is 0 Å². The van der Waals surface area contributed by atoms with Crippen LogP contribution in [-0.4, -0.2) is 17.1 Å². The molecule has 0 fully saturated rings. The van der Waals surface area contributed by atoms with Crippen molar-refractivity contribution >= 4 is 16.5 Å². The summed E-state index contributed by atoms with van der Waals surface area (Å²) in [7, 11) is 0. The summed E-state index contributed by atoms with van der Waals surface area (Å²) >= 11 is 0. The molecule has 2 rings (SSSR count). The number of nitrogens with zero attached hydrogens (tertiary/aromatic N) is 1. The molecule has 106 valence electrons. The van der Waals surface area contributed by atoms with Crippen molar-refractivity contribution in [1.29, 1.82) is 0 Å². The third-order valence-corrected chi connectivity index (χ3v) is 3.31. The molecular formula is C18H24N2. The molecule has 1 aromatic heterocycles. The molecule has 1 aromatic carbocycles. The predicted molar refractivity (Wildman–Crippen MR) is 87.8 cm³/mol. The smallest absolute Gasteiger partial charge is 0.0702 e. The first-order valence-corrected chi connectivity index (χ1v) is 7.23. The number of pyridine rings is 1. The number of hydrogen-bond acceptors (Lipinski definition) is 2. The van der Waals surface area contributed by atoms with Gasteiger partial charge in [-0.05, 0) is 70.0 Å². The summed E-state index contributed by atoms with van der Waals surface area (Å²) in [5.74, 6) is 0. The summed E-state index contributed by atoms with van der Waals surface area (Å²) in [5.41, 5.74) is 3.85. The Morgan fingerprint density at radius 2 is 2.05 bits per heavy atom. The summed E-state index contributed by atoms with van der Waals surface area (Å²) in [4.78, 5) is 4.35. The van der Waals surface area contributed by atoms with Gasteiger partial charge in [0.2, 0.25) is 0 Å². The minimum atomic E-state index is 0.191. The SMILES string of the molecule is C/C(=C/CCNC(C)(C)C)c1ccc2ncccc2c1. The van der Waals surface area contributed by atoms with Gasteiger partial charge in [-0.1, -0.05) is 18.2 Å². The summed E-state index contributed by atoms with van der Waals surface area (Å²) in [6.07, 6.45) is 5.19. The molecule has 2 nitrogen and oxygen atoms in total. The Hall–Kier alpha value is -1.67. The number of fused-ring (bicyclic) bond motifs is 1. The molecule has 0 amide bonds. The standard InChI is InChI=1S/C18H24N2/c1-14(7-5-12-20-18(2,3)4)15-9-10-17-16(13-15)8-6-11-19-17/h6-11,13,20H,5,12H2,1-4H3/b14-7-. The Kier molecular flexibility index (Phi) is 4.56. The minimum Gasteiger partial charge on any atom is -0.312 e. The lowest BCUT2D eigenvalue weighted by Gasteiger charge is -2.19. The van der Waals surface area contributed by atoms with Crippen LogP contribution in [-0.2, 0) is 0 Å². The van der Waals surface area contributed by atoms with E-state index in [1.807, 2.05) is 12.3 Å². The van der Waals surface area contributed by atoms with Gasteiger partial charge in [0.05, 0.1) is 5.52 Å². The fourth-order valence-corrected chi connectivity index (χ4v) is 2.17. The predicted octanol–water partition coefficient (Wildman–Crippen LogP) is 4.42. The maximum Gasteiger partial charge on any atom is 0.0702 e. The fraction of sp³-hybridized carbons (Fsp3) is 0.389. The molecule has 1 N–H and O–H groups in total. The zero-order chi connectivity index (χ0) is 14.6. The molecule has 0 saturated carbocycles. The first-order valence-electron chi connectivity index (χ1n) is 7.23. The number of allylic oxidation sites excluding steroid dienone is 1. The average Bonchev–Trinajstić information content (AvgIpc) is 2.42. The second kappa shape index (κ2) is 6.19. The van der Waals surface area contributed by atoms with E-state index < -0.39 is 0 Å². The Morgan fingerprint density at radius 3 is 2.80 bits per heavy atom. The summed E-state index contributed by atoms with van der Waals surface area (Å²) in [5, 5.41) is 4.70. The van der Waals surface area contributed by atoms with Gasteiger partial charge in [-0.25, -0.2) is 0 Å². The molecule has 0 unspecified atom stereocenters. The van der Waals surface area contributed by atoms with Gasteiger partial charge in [-0.3, -0.25) is 4.98 Å². The lowest BCUT2D eigenvalue weighted by Crippen LogP contribution is -2.36. The van der Waals surface area contributed by atoms with Crippen molar-refractivity contribution in [3.63, 3.8) is 0 Å². The van der Waals surface area contributed by atoms with E-state index in [0.29, 0.717) is 0 Å². The van der Waals surface area contributed by atoms with Crippen molar-refractivity contribution in [3.05, 3.63) is 48.2 Å². The molecule has 0 aliphatic heterocycles. The zero-order valence-corrected chi connectivity index (χ0v) is 12.9. The highest BCUT2D eigenvalue weighted by Gasteiger charge is 2.06. The Labute approximate surface area is 121 Å². The molecule has 0 atom stereocenters. The zero-order valence-electron chi connectivity index (χ0n) is 12.9. The minimum absolute atomic E-state index is 0.191. The van der Waals surface area contributed by atoms with Crippen molar-refractivity contribution in [3.8, 4) is 0 Å². The van der Waals surface area contributed by atoms with E-state index in [0.717, 1.165) is 18.5 Å². The second-order valence-electron chi connectivity index (χ2n) is 6.26. The monoisotopic (exact) mass is 268 g/mol. The highest BCUT2D eigenvalue weighted by atomic mass is 14.9. The third kappa shape index (κ3) is 4.17. The van der Waals surface area contributed by atoms with Gasteiger partial charge >= 0.3 is 0 Å².